The summed E-state index contributed by atoms with van der Waals surface area (Å²) in [5.41, 5.74) is 3.51. The first kappa shape index (κ1) is 20.4. The maximum absolute atomic E-state index is 12.4. The Kier molecular flexibility index (Phi) is 7.56. The minimum Gasteiger partial charge on any atom is -0.490 e. The Morgan fingerprint density at radius 1 is 1.15 bits per heavy atom. The summed E-state index contributed by atoms with van der Waals surface area (Å²) >= 11 is 8.66. The van der Waals surface area contributed by atoms with Gasteiger partial charge in [0.15, 0.2) is 5.11 Å². The summed E-state index contributed by atoms with van der Waals surface area (Å²) in [6.07, 6.45) is 0. The second-order valence-electron chi connectivity index (χ2n) is 5.71. The number of methoxy groups -OCH3 is 1. The van der Waals surface area contributed by atoms with Gasteiger partial charge in [-0.15, -0.1) is 0 Å². The van der Waals surface area contributed by atoms with Crippen molar-refractivity contribution in [3.05, 3.63) is 57.6 Å². The van der Waals surface area contributed by atoms with Crippen LogP contribution in [0.1, 0.15) is 21.5 Å². The number of aryl methyl sites for hydroxylation is 2. The molecule has 0 heterocycles. The molecule has 5 nitrogen and oxygen atoms in total. The fourth-order valence-electron chi connectivity index (χ4n) is 2.19. The number of halogens is 1. The predicted molar refractivity (Wildman–Crippen MR) is 111 cm³/mol. The molecule has 0 aromatic heterocycles. The minimum absolute atomic E-state index is 0.250. The third-order valence-electron chi connectivity index (χ3n) is 3.61. The molecule has 0 bridgehead atoms. The third kappa shape index (κ3) is 5.79. The maximum atomic E-state index is 12.4. The minimum atomic E-state index is -0.294. The van der Waals surface area contributed by atoms with Gasteiger partial charge in [0.2, 0.25) is 0 Å². The van der Waals surface area contributed by atoms with E-state index in [2.05, 4.69) is 26.6 Å². The molecule has 0 aliphatic rings. The van der Waals surface area contributed by atoms with Crippen LogP contribution in [-0.4, -0.2) is 31.3 Å². The highest BCUT2D eigenvalue weighted by molar-refractivity contribution is 9.10. The molecule has 0 fully saturated rings. The summed E-state index contributed by atoms with van der Waals surface area (Å²) in [5, 5.41) is 6.00. The van der Waals surface area contributed by atoms with E-state index in [0.717, 1.165) is 16.8 Å². The summed E-state index contributed by atoms with van der Waals surface area (Å²) in [6.45, 7) is 4.91. The van der Waals surface area contributed by atoms with Gasteiger partial charge in [-0.3, -0.25) is 10.1 Å². The van der Waals surface area contributed by atoms with Gasteiger partial charge in [0.1, 0.15) is 12.4 Å². The molecule has 0 unspecified atom stereocenters. The number of carbonyl (C=O) groups excluding carboxylic acids is 1. The Balaban J connectivity index is 1.99. The van der Waals surface area contributed by atoms with E-state index in [9.17, 15) is 4.79 Å². The van der Waals surface area contributed by atoms with Crippen LogP contribution < -0.4 is 15.4 Å². The first-order chi connectivity index (χ1) is 12.4. The monoisotopic (exact) mass is 436 g/mol. The quantitative estimate of drug-likeness (QED) is 0.524. The van der Waals surface area contributed by atoms with Gasteiger partial charge in [-0.2, -0.15) is 0 Å². The van der Waals surface area contributed by atoms with Crippen LogP contribution >= 0.6 is 28.1 Å². The number of thiocarbonyl (C=S) groups is 1. The Hall–Kier alpha value is -1.96. The zero-order valence-electron chi connectivity index (χ0n) is 14.9. The molecule has 2 rings (SSSR count). The first-order valence-electron chi connectivity index (χ1n) is 8.01. The van der Waals surface area contributed by atoms with Crippen LogP contribution in [0.15, 0.2) is 40.9 Å². The standard InChI is InChI=1S/C19H21BrN2O3S/c1-12-4-5-13(2)16(10-12)21-19(26)22-18(23)14-6-7-17(15(20)11-14)25-9-8-24-3/h4-7,10-11H,8-9H2,1-3H3,(H2,21,22,23,26). The van der Waals surface area contributed by atoms with Crippen molar-refractivity contribution in [1.82, 2.24) is 5.32 Å². The predicted octanol–water partition coefficient (Wildman–Crippen LogP) is 4.22. The number of benzene rings is 2. The van der Waals surface area contributed by atoms with Gasteiger partial charge in [-0.05, 0) is 77.4 Å². The number of hydrogen-bond donors (Lipinski definition) is 2. The number of amides is 1. The highest BCUT2D eigenvalue weighted by Gasteiger charge is 2.11. The molecule has 2 aromatic carbocycles. The van der Waals surface area contributed by atoms with E-state index in [4.69, 9.17) is 21.7 Å². The van der Waals surface area contributed by atoms with Gasteiger partial charge in [0.25, 0.3) is 5.91 Å². The first-order valence-corrected chi connectivity index (χ1v) is 9.21. The van der Waals surface area contributed by atoms with Crippen molar-refractivity contribution in [1.29, 1.82) is 0 Å². The lowest BCUT2D eigenvalue weighted by atomic mass is 10.1. The zero-order valence-corrected chi connectivity index (χ0v) is 17.3. The topological polar surface area (TPSA) is 59.6 Å². The molecule has 1 amide bonds. The van der Waals surface area contributed by atoms with Crippen molar-refractivity contribution in [2.24, 2.45) is 0 Å². The van der Waals surface area contributed by atoms with Crippen LogP contribution in [0.2, 0.25) is 0 Å². The van der Waals surface area contributed by atoms with Gasteiger partial charge < -0.3 is 14.8 Å². The van der Waals surface area contributed by atoms with Crippen molar-refractivity contribution in [2.75, 3.05) is 25.6 Å². The van der Waals surface area contributed by atoms with Gasteiger partial charge in [0.05, 0.1) is 11.1 Å². The van der Waals surface area contributed by atoms with Crippen molar-refractivity contribution in [3.8, 4) is 5.75 Å². The molecule has 0 saturated carbocycles. The van der Waals surface area contributed by atoms with Crippen molar-refractivity contribution in [3.63, 3.8) is 0 Å². The van der Waals surface area contributed by atoms with Crippen LogP contribution in [-0.2, 0) is 4.74 Å². The molecule has 2 aromatic rings. The molecule has 0 radical (unpaired) electrons. The Labute approximate surface area is 167 Å². The van der Waals surface area contributed by atoms with Gasteiger partial charge in [-0.25, -0.2) is 0 Å². The lowest BCUT2D eigenvalue weighted by Crippen LogP contribution is -2.34. The van der Waals surface area contributed by atoms with E-state index in [-0.39, 0.29) is 11.0 Å². The fourth-order valence-corrected chi connectivity index (χ4v) is 2.89. The van der Waals surface area contributed by atoms with Crippen LogP contribution in [0.4, 0.5) is 5.69 Å². The van der Waals surface area contributed by atoms with E-state index in [0.29, 0.717) is 29.0 Å². The van der Waals surface area contributed by atoms with Crippen molar-refractivity contribution < 1.29 is 14.3 Å². The summed E-state index contributed by atoms with van der Waals surface area (Å²) in [6, 6.07) is 11.1. The highest BCUT2D eigenvalue weighted by atomic mass is 79.9. The Morgan fingerprint density at radius 3 is 2.62 bits per heavy atom. The number of ether oxygens (including phenoxy) is 2. The molecule has 138 valence electrons. The summed E-state index contributed by atoms with van der Waals surface area (Å²) in [4.78, 5) is 12.4. The molecule has 0 saturated heterocycles. The summed E-state index contributed by atoms with van der Waals surface area (Å²) in [7, 11) is 1.61. The van der Waals surface area contributed by atoms with E-state index < -0.39 is 0 Å². The van der Waals surface area contributed by atoms with Crippen LogP contribution in [0.3, 0.4) is 0 Å². The van der Waals surface area contributed by atoms with Crippen LogP contribution in [0.25, 0.3) is 0 Å². The van der Waals surface area contributed by atoms with E-state index in [1.54, 1.807) is 25.3 Å². The SMILES string of the molecule is COCCOc1ccc(C(=O)NC(=S)Nc2cc(C)ccc2C)cc1Br. The normalized spacial score (nSPS) is 10.3. The van der Waals surface area contributed by atoms with Crippen LogP contribution in [0, 0.1) is 13.8 Å². The molecule has 0 aliphatic heterocycles. The number of anilines is 1. The molecule has 7 heteroatoms. The largest absolute Gasteiger partial charge is 0.490 e. The average Bonchev–Trinajstić information content (AvgIpc) is 2.59. The van der Waals surface area contributed by atoms with E-state index in [1.165, 1.54) is 0 Å². The second kappa shape index (κ2) is 9.66. The average molecular weight is 437 g/mol. The maximum Gasteiger partial charge on any atom is 0.257 e. The van der Waals surface area contributed by atoms with Gasteiger partial charge in [0, 0.05) is 18.4 Å². The second-order valence-corrected chi connectivity index (χ2v) is 6.98. The molecular weight excluding hydrogens is 416 g/mol. The fraction of sp³-hybridized carbons (Fsp3) is 0.263. The zero-order chi connectivity index (χ0) is 19.1. The lowest BCUT2D eigenvalue weighted by molar-refractivity contribution is 0.0977. The molecule has 0 atom stereocenters. The Morgan fingerprint density at radius 2 is 1.92 bits per heavy atom. The van der Waals surface area contributed by atoms with Crippen molar-refractivity contribution in [2.45, 2.75) is 13.8 Å². The number of carbonyl (C=O) groups is 1. The molecular formula is C19H21BrN2O3S. The molecule has 26 heavy (non-hydrogen) atoms. The van der Waals surface area contributed by atoms with Gasteiger partial charge >= 0.3 is 0 Å². The number of nitrogens with one attached hydrogen (secondary N) is 2. The molecule has 2 N–H and O–H groups in total. The van der Waals surface area contributed by atoms with E-state index >= 15 is 0 Å². The third-order valence-corrected chi connectivity index (χ3v) is 4.43. The molecule has 0 spiro atoms. The smallest absolute Gasteiger partial charge is 0.257 e. The van der Waals surface area contributed by atoms with Crippen LogP contribution in [0.5, 0.6) is 5.75 Å². The van der Waals surface area contributed by atoms with Crippen molar-refractivity contribution >= 4 is 44.9 Å². The van der Waals surface area contributed by atoms with E-state index in [1.807, 2.05) is 32.0 Å². The van der Waals surface area contributed by atoms with Gasteiger partial charge in [-0.1, -0.05) is 12.1 Å². The Bertz CT molecular complexity index is 811. The lowest BCUT2D eigenvalue weighted by Gasteiger charge is -2.13. The highest BCUT2D eigenvalue weighted by Crippen LogP contribution is 2.26. The molecule has 0 aliphatic carbocycles. The summed E-state index contributed by atoms with van der Waals surface area (Å²) in [5.74, 6) is 0.353. The number of hydrogen-bond acceptors (Lipinski definition) is 4. The number of rotatable bonds is 6. The summed E-state index contributed by atoms with van der Waals surface area (Å²) < 4.78 is 11.2.